The van der Waals surface area contributed by atoms with Gasteiger partial charge >= 0.3 is 0 Å². The van der Waals surface area contributed by atoms with Crippen molar-refractivity contribution in [2.75, 3.05) is 18.6 Å². The third kappa shape index (κ3) is 3.82. The van der Waals surface area contributed by atoms with Gasteiger partial charge in [0, 0.05) is 18.3 Å². The van der Waals surface area contributed by atoms with Gasteiger partial charge in [-0.05, 0) is 31.5 Å². The highest BCUT2D eigenvalue weighted by Crippen LogP contribution is 2.33. The average Bonchev–Trinajstić information content (AvgIpc) is 3.18. The summed E-state index contributed by atoms with van der Waals surface area (Å²) in [5.41, 5.74) is 2.60. The molecule has 2 amide bonds. The number of nitrogens with zero attached hydrogens (tertiary/aromatic N) is 2. The van der Waals surface area contributed by atoms with Gasteiger partial charge in [0.2, 0.25) is 11.8 Å². The molecule has 0 radical (unpaired) electrons. The molecule has 6 nitrogen and oxygen atoms in total. The standard InChI is InChI=1S/C18H21N3O3S/c1-11-4-5-16(24-3)15(6-11)21-9-13(7-17(21)22)18(23)19-8-14-10-25-12(2)20-14/h4-6,10,13H,7-9H2,1-3H3,(H,19,23). The molecule has 1 N–H and O–H groups in total. The minimum Gasteiger partial charge on any atom is -0.495 e. The van der Waals surface area contributed by atoms with Crippen LogP contribution in [0.15, 0.2) is 23.6 Å². The third-order valence-electron chi connectivity index (χ3n) is 4.23. The molecule has 25 heavy (non-hydrogen) atoms. The van der Waals surface area contributed by atoms with E-state index < -0.39 is 0 Å². The molecule has 1 atom stereocenters. The molecule has 132 valence electrons. The van der Waals surface area contributed by atoms with Crippen molar-refractivity contribution >= 4 is 28.8 Å². The van der Waals surface area contributed by atoms with Gasteiger partial charge in [0.05, 0.1) is 36.0 Å². The van der Waals surface area contributed by atoms with Crippen LogP contribution in [0, 0.1) is 19.8 Å². The Hall–Kier alpha value is -2.41. The molecule has 1 fully saturated rings. The molecule has 1 aliphatic rings. The average molecular weight is 359 g/mol. The van der Waals surface area contributed by atoms with E-state index in [0.717, 1.165) is 22.0 Å². The molecular weight excluding hydrogens is 338 g/mol. The number of nitrogens with one attached hydrogen (secondary N) is 1. The quantitative estimate of drug-likeness (QED) is 0.890. The topological polar surface area (TPSA) is 71.5 Å². The summed E-state index contributed by atoms with van der Waals surface area (Å²) in [6.45, 7) is 4.64. The molecule has 1 saturated heterocycles. The predicted octanol–water partition coefficient (Wildman–Crippen LogP) is 2.44. The zero-order valence-corrected chi connectivity index (χ0v) is 15.4. The molecule has 0 bridgehead atoms. The number of benzene rings is 1. The summed E-state index contributed by atoms with van der Waals surface area (Å²) in [7, 11) is 1.58. The van der Waals surface area contributed by atoms with Crippen molar-refractivity contribution in [3.05, 3.63) is 39.8 Å². The third-order valence-corrected chi connectivity index (χ3v) is 5.05. The number of hydrogen-bond acceptors (Lipinski definition) is 5. The number of thiazole rings is 1. The van der Waals surface area contributed by atoms with Gasteiger partial charge in [-0.2, -0.15) is 0 Å². The number of aromatic nitrogens is 1. The number of ether oxygens (including phenoxy) is 1. The second-order valence-corrected chi connectivity index (χ2v) is 7.22. The first-order valence-electron chi connectivity index (χ1n) is 8.11. The number of hydrogen-bond donors (Lipinski definition) is 1. The van der Waals surface area contributed by atoms with Gasteiger partial charge in [-0.3, -0.25) is 9.59 Å². The molecule has 0 aliphatic carbocycles. The Balaban J connectivity index is 1.67. The van der Waals surface area contributed by atoms with Crippen LogP contribution in [0.5, 0.6) is 5.75 Å². The van der Waals surface area contributed by atoms with E-state index >= 15 is 0 Å². The van der Waals surface area contributed by atoms with Crippen molar-refractivity contribution in [1.82, 2.24) is 10.3 Å². The normalized spacial score (nSPS) is 17.0. The van der Waals surface area contributed by atoms with Crippen LogP contribution >= 0.6 is 11.3 Å². The molecule has 0 spiro atoms. The summed E-state index contributed by atoms with van der Waals surface area (Å²) < 4.78 is 5.36. The fourth-order valence-electron chi connectivity index (χ4n) is 2.94. The van der Waals surface area contributed by atoms with E-state index in [2.05, 4.69) is 10.3 Å². The Morgan fingerprint density at radius 1 is 1.44 bits per heavy atom. The first-order chi connectivity index (χ1) is 12.0. The lowest BCUT2D eigenvalue weighted by Crippen LogP contribution is -2.32. The van der Waals surface area contributed by atoms with E-state index in [4.69, 9.17) is 4.74 Å². The summed E-state index contributed by atoms with van der Waals surface area (Å²) in [5.74, 6) is 0.0945. The van der Waals surface area contributed by atoms with Gasteiger partial charge in [-0.25, -0.2) is 4.98 Å². The maximum absolute atomic E-state index is 12.4. The maximum atomic E-state index is 12.4. The minimum absolute atomic E-state index is 0.0615. The van der Waals surface area contributed by atoms with Crippen LogP contribution in [-0.2, 0) is 16.1 Å². The number of amides is 2. The van der Waals surface area contributed by atoms with E-state index in [1.54, 1.807) is 23.3 Å². The van der Waals surface area contributed by atoms with E-state index in [1.807, 2.05) is 37.4 Å². The molecule has 1 unspecified atom stereocenters. The van der Waals surface area contributed by atoms with Crippen molar-refractivity contribution in [1.29, 1.82) is 0 Å². The van der Waals surface area contributed by atoms with Crippen LogP contribution in [0.4, 0.5) is 5.69 Å². The molecule has 2 aromatic rings. The molecule has 1 aromatic carbocycles. The highest BCUT2D eigenvalue weighted by molar-refractivity contribution is 7.09. The highest BCUT2D eigenvalue weighted by atomic mass is 32.1. The first kappa shape index (κ1) is 17.4. The van der Waals surface area contributed by atoms with Crippen LogP contribution in [0.3, 0.4) is 0 Å². The minimum atomic E-state index is -0.363. The van der Waals surface area contributed by atoms with Gasteiger partial charge in [0.1, 0.15) is 5.75 Å². The molecule has 1 aliphatic heterocycles. The van der Waals surface area contributed by atoms with E-state index in [0.29, 0.717) is 18.8 Å². The Morgan fingerprint density at radius 3 is 2.92 bits per heavy atom. The van der Waals surface area contributed by atoms with Crippen molar-refractivity contribution < 1.29 is 14.3 Å². The van der Waals surface area contributed by atoms with Gasteiger partial charge in [-0.15, -0.1) is 11.3 Å². The molecule has 2 heterocycles. The lowest BCUT2D eigenvalue weighted by atomic mass is 10.1. The van der Waals surface area contributed by atoms with E-state index in [9.17, 15) is 9.59 Å². The number of aryl methyl sites for hydroxylation is 2. The van der Waals surface area contributed by atoms with Crippen molar-refractivity contribution in [2.45, 2.75) is 26.8 Å². The van der Waals surface area contributed by atoms with Crippen LogP contribution < -0.4 is 15.0 Å². The molecule has 0 saturated carbocycles. The Kier molecular flexibility index (Phi) is 5.03. The lowest BCUT2D eigenvalue weighted by molar-refractivity contribution is -0.126. The maximum Gasteiger partial charge on any atom is 0.227 e. The monoisotopic (exact) mass is 359 g/mol. The molecular formula is C18H21N3O3S. The van der Waals surface area contributed by atoms with Crippen LogP contribution in [0.25, 0.3) is 0 Å². The van der Waals surface area contributed by atoms with Crippen molar-refractivity contribution in [2.24, 2.45) is 5.92 Å². The Labute approximate surface area is 150 Å². The Bertz CT molecular complexity index is 803. The number of rotatable bonds is 5. The molecule has 3 rings (SSSR count). The van der Waals surface area contributed by atoms with Crippen LogP contribution in [0.1, 0.15) is 22.7 Å². The molecule has 1 aromatic heterocycles. The van der Waals surface area contributed by atoms with Crippen molar-refractivity contribution in [3.8, 4) is 5.75 Å². The number of carbonyl (C=O) groups is 2. The van der Waals surface area contributed by atoms with E-state index in [-0.39, 0.29) is 24.2 Å². The van der Waals surface area contributed by atoms with Gasteiger partial charge in [0.15, 0.2) is 0 Å². The summed E-state index contributed by atoms with van der Waals surface area (Å²) in [6, 6.07) is 5.69. The smallest absolute Gasteiger partial charge is 0.227 e. The SMILES string of the molecule is COc1ccc(C)cc1N1CC(C(=O)NCc2csc(C)n2)CC1=O. The van der Waals surface area contributed by atoms with Gasteiger partial charge < -0.3 is 15.0 Å². The van der Waals surface area contributed by atoms with Crippen LogP contribution in [0.2, 0.25) is 0 Å². The number of anilines is 1. The highest BCUT2D eigenvalue weighted by Gasteiger charge is 2.36. The van der Waals surface area contributed by atoms with Crippen LogP contribution in [-0.4, -0.2) is 30.5 Å². The number of carbonyl (C=O) groups excluding carboxylic acids is 2. The predicted molar refractivity (Wildman–Crippen MR) is 96.9 cm³/mol. The van der Waals surface area contributed by atoms with Crippen molar-refractivity contribution in [3.63, 3.8) is 0 Å². The zero-order chi connectivity index (χ0) is 18.0. The largest absolute Gasteiger partial charge is 0.495 e. The second kappa shape index (κ2) is 7.23. The summed E-state index contributed by atoms with van der Waals surface area (Å²) >= 11 is 1.55. The van der Waals surface area contributed by atoms with Gasteiger partial charge in [0.25, 0.3) is 0 Å². The summed E-state index contributed by atoms with van der Waals surface area (Å²) in [5, 5.41) is 5.78. The van der Waals surface area contributed by atoms with E-state index in [1.165, 1.54) is 0 Å². The number of methoxy groups -OCH3 is 1. The Morgan fingerprint density at radius 2 is 2.24 bits per heavy atom. The fourth-order valence-corrected chi connectivity index (χ4v) is 3.55. The first-order valence-corrected chi connectivity index (χ1v) is 8.99. The van der Waals surface area contributed by atoms with Gasteiger partial charge in [-0.1, -0.05) is 6.07 Å². The summed E-state index contributed by atoms with van der Waals surface area (Å²) in [4.78, 5) is 30.8. The fraction of sp³-hybridized carbons (Fsp3) is 0.389. The lowest BCUT2D eigenvalue weighted by Gasteiger charge is -2.20. The zero-order valence-electron chi connectivity index (χ0n) is 14.5. The molecule has 7 heteroatoms. The second-order valence-electron chi connectivity index (χ2n) is 6.16. The summed E-state index contributed by atoms with van der Waals surface area (Å²) in [6.07, 6.45) is 0.207.